The normalized spacial score (nSPS) is 30.9. The van der Waals surface area contributed by atoms with E-state index < -0.39 is 262 Å². The number of unbranched alkanes of at least 4 members (excludes halogenated alkanes) is 6. The van der Waals surface area contributed by atoms with Gasteiger partial charge >= 0.3 is 5.97 Å². The number of carboxylic acids is 1. The minimum atomic E-state index is -3.79. The van der Waals surface area contributed by atoms with Crippen LogP contribution in [-0.4, -0.2) is 261 Å². The van der Waals surface area contributed by atoms with Crippen LogP contribution in [0, 0.1) is 17.8 Å². The molecule has 13 rings (SSSR count). The number of aliphatic carboxylic acids is 1. The first-order chi connectivity index (χ1) is 60.7. The number of nitrogens with two attached hydrogens (primary N) is 1. The molecule has 702 valence electrons. The number of amides is 8. The Kier molecular flexibility index (Phi) is 33.5. The molecule has 4 aliphatic carbocycles. The number of hydrogen-bond acceptors (Lipinski definition) is 28. The molecular formula is C88H120ClN11O27S. The molecule has 3 saturated heterocycles. The van der Waals surface area contributed by atoms with E-state index in [2.05, 4.69) is 59.5 Å². The molecule has 11 aliphatic rings. The van der Waals surface area contributed by atoms with Crippen LogP contribution in [0.15, 0.2) is 134 Å². The van der Waals surface area contributed by atoms with Crippen molar-refractivity contribution >= 4 is 74.9 Å². The summed E-state index contributed by atoms with van der Waals surface area (Å²) >= 11 is 7.34. The monoisotopic (exact) mass is 1830 g/mol. The molecule has 38 nitrogen and oxygen atoms in total. The summed E-state index contributed by atoms with van der Waals surface area (Å²) in [5, 5.41) is 142. The fourth-order valence-electron chi connectivity index (χ4n) is 17.5. The Morgan fingerprint density at radius 2 is 1.45 bits per heavy atom. The van der Waals surface area contributed by atoms with Gasteiger partial charge in [-0.15, -0.1) is 11.6 Å². The zero-order valence-electron chi connectivity index (χ0n) is 72.5. The zero-order valence-corrected chi connectivity index (χ0v) is 74.1. The van der Waals surface area contributed by atoms with Crippen molar-refractivity contribution in [2.24, 2.45) is 23.5 Å². The van der Waals surface area contributed by atoms with Crippen LogP contribution in [0.25, 0.3) is 0 Å². The van der Waals surface area contributed by atoms with E-state index in [0.717, 1.165) is 62.0 Å². The van der Waals surface area contributed by atoms with Gasteiger partial charge in [-0.2, -0.15) is 0 Å². The second kappa shape index (κ2) is 43.4. The number of allylic oxidation sites excluding steroid dienone is 9. The standard InChI is InChI=1S/C88H120ClN11O27S/c1-9-10-11-14-17-45-18-23-50(24-19-45)128(120,121)93-29-16-13-12-15-28-92-39-53-58(104)36-52-66(74(53)108)51-32-46(20-25-57(51)103)67-82(114)99-71(85(117)97-69(52)86(118)119)73(107)48-22-27-60(54(89)33-48)124-62-35-49-34-61(77(62)127-87-78(76(110)75(109)63(40-101)125-87)126-65-38-88(7,100-44(6)102)79(111)43(5)122-65)123-59-26-21-47(31-42(59)4)72(106)70(98-80(112)55(91-8)30-41(2)3)84(116)94-56(37-64(90)105)81(113)95-68(49)83(115)96-67/h18-20,22-25,27,31,34-36,41,43,51,53-56,58,63,65,67-73,75-76,78-79,87,91-93,101,103-104,106-111H,9-17,21,26,28-30,32-33,37-40H2,1-8H3,(H2,90,105)(H,94,116)(H,95,113)(H,96,115)(H,97,117)(H,98,112)(H,99,114)(H,100,102)(H,118,119)/t43-,51?,53?,54-,55+,56-,58-,63+,65-,67+,68+,69-,70+,71-,72+,73+,75+,76-,78+,79+,87-,88-/m0/s1. The van der Waals surface area contributed by atoms with Crippen LogP contribution in [0.2, 0.25) is 0 Å². The summed E-state index contributed by atoms with van der Waals surface area (Å²) in [4.78, 5) is 133. The zero-order chi connectivity index (χ0) is 93.1. The lowest BCUT2D eigenvalue weighted by Gasteiger charge is -2.48. The predicted octanol–water partition coefficient (Wildman–Crippen LogP) is 1.16. The molecule has 22 N–H and O–H groups in total. The molecule has 7 aliphatic heterocycles. The van der Waals surface area contributed by atoms with Gasteiger partial charge in [-0.3, -0.25) is 38.4 Å². The van der Waals surface area contributed by atoms with Crippen molar-refractivity contribution in [3.05, 3.63) is 140 Å². The van der Waals surface area contributed by atoms with Gasteiger partial charge in [0.1, 0.15) is 89.9 Å². The number of sulfonamides is 1. The lowest BCUT2D eigenvalue weighted by atomic mass is 9.73. The number of alkyl halides is 1. The SMILES string of the molecule is CCCCCCc1ccc(S(=O)(=O)NCCCCCCNCC2C(O)=C3C(=C[C@@H]2O)[C@@H](C(=O)O)NC(=O)[C@H]2NC(=O)[C@H](NC(=O)[C@@H]4NC(=O)[C@H](CC(N)=O)NC(=O)[C@H](NC(=O)[C@@H](CC(C)C)NC)[C@H](O)C5=CC(C)=C(CC5)Oc5cc4cc(c5O[C@@H]4O[C@H](CO)[C@@H](O)[C@H](O)[C@H]4O[C@H]4C[C@](C)(NC(C)=O)[C@H](O)[C@H](C)O4)OC4=CC=C(C[C@@H]4Cl)[C@H]2O)C2=CC=C(O)C3C2)cc1. The molecule has 0 radical (unpaired) electrons. The first kappa shape index (κ1) is 98.9. The molecule has 2 aromatic carbocycles. The number of primary amides is 1. The molecular weight excluding hydrogens is 1710 g/mol. The van der Waals surface area contributed by atoms with Gasteiger partial charge in [0, 0.05) is 44.3 Å². The van der Waals surface area contributed by atoms with Crippen LogP contribution in [0.5, 0.6) is 17.2 Å². The number of carboxylic acid groups (broad SMARTS) is 1. The highest BCUT2D eigenvalue weighted by Gasteiger charge is 2.54. The average molecular weight is 1830 g/mol. The van der Waals surface area contributed by atoms with Crippen LogP contribution in [0.4, 0.5) is 0 Å². The highest BCUT2D eigenvalue weighted by atomic mass is 35.5. The maximum Gasteiger partial charge on any atom is 0.330 e. The van der Waals surface area contributed by atoms with Gasteiger partial charge in [0.05, 0.1) is 53.0 Å². The quantitative estimate of drug-likeness (QED) is 0.0385. The number of aliphatic hydroxyl groups excluding tert-OH is 9. The van der Waals surface area contributed by atoms with Gasteiger partial charge in [-0.1, -0.05) is 83.2 Å². The Hall–Kier alpha value is -9.69. The van der Waals surface area contributed by atoms with Crippen molar-refractivity contribution in [2.75, 3.05) is 33.3 Å². The number of benzene rings is 2. The van der Waals surface area contributed by atoms with Gasteiger partial charge in [0.2, 0.25) is 69.3 Å². The number of ether oxygens (including phenoxy) is 6. The molecule has 22 atom stereocenters. The van der Waals surface area contributed by atoms with Gasteiger partial charge in [-0.25, -0.2) is 17.9 Å². The van der Waals surface area contributed by atoms with Crippen molar-refractivity contribution in [1.29, 1.82) is 0 Å². The number of nitrogens with one attached hydrogen (secondary N) is 10. The fourth-order valence-corrected chi connectivity index (χ4v) is 18.8. The van der Waals surface area contributed by atoms with E-state index in [1.54, 1.807) is 19.1 Å². The lowest BCUT2D eigenvalue weighted by Crippen LogP contribution is -2.66. The molecule has 7 heterocycles. The number of rotatable bonds is 30. The van der Waals surface area contributed by atoms with Crippen molar-refractivity contribution in [3.63, 3.8) is 0 Å². The smallest absolute Gasteiger partial charge is 0.330 e. The number of fused-ring (bicyclic) bond motifs is 15. The van der Waals surface area contributed by atoms with Gasteiger partial charge in [0.25, 0.3) is 0 Å². The third-order valence-electron chi connectivity index (χ3n) is 24.5. The van der Waals surface area contributed by atoms with E-state index in [1.165, 1.54) is 52.1 Å². The highest BCUT2D eigenvalue weighted by molar-refractivity contribution is 7.89. The maximum absolute atomic E-state index is 16.5. The summed E-state index contributed by atoms with van der Waals surface area (Å²) in [7, 11) is -2.29. The average Bonchev–Trinajstić information content (AvgIpc) is 0.761. The van der Waals surface area contributed by atoms with E-state index in [4.69, 9.17) is 45.8 Å². The summed E-state index contributed by atoms with van der Waals surface area (Å²) in [5.74, 6) is -17.2. The second-order valence-electron chi connectivity index (χ2n) is 34.6. The first-order valence-electron chi connectivity index (χ1n) is 43.4. The van der Waals surface area contributed by atoms with Crippen LogP contribution >= 0.6 is 11.6 Å². The summed E-state index contributed by atoms with van der Waals surface area (Å²) in [6, 6.07) is -4.97. The Morgan fingerprint density at radius 1 is 0.773 bits per heavy atom. The summed E-state index contributed by atoms with van der Waals surface area (Å²) in [5.41, 5.74) is 4.30. The van der Waals surface area contributed by atoms with Gasteiger partial charge in [0.15, 0.2) is 29.9 Å². The molecule has 3 fully saturated rings. The third kappa shape index (κ3) is 23.5. The van der Waals surface area contributed by atoms with E-state index in [0.29, 0.717) is 25.7 Å². The number of carbonyl (C=O) groups excluding carboxylic acids is 8. The minimum absolute atomic E-state index is 0.0549. The van der Waals surface area contributed by atoms with Crippen LogP contribution < -0.4 is 72.5 Å². The number of likely N-dealkylation sites (N-methyl/N-ethyl adjacent to an activating group) is 1. The molecule has 0 saturated carbocycles. The second-order valence-corrected chi connectivity index (χ2v) is 36.9. The summed E-state index contributed by atoms with van der Waals surface area (Å²) in [6.45, 7) is 10.9. The highest BCUT2D eigenvalue weighted by Crippen LogP contribution is 2.49. The number of hydrogen-bond donors (Lipinski definition) is 21. The third-order valence-corrected chi connectivity index (χ3v) is 26.3. The summed E-state index contributed by atoms with van der Waals surface area (Å²) in [6.07, 6.45) is -7.22. The first-order valence-corrected chi connectivity index (χ1v) is 45.3. The largest absolute Gasteiger partial charge is 0.512 e. The van der Waals surface area contributed by atoms with E-state index in [1.807, 2.05) is 26.0 Å². The lowest BCUT2D eigenvalue weighted by molar-refractivity contribution is -0.334. The Morgan fingerprint density at radius 3 is 2.11 bits per heavy atom. The molecule has 2 aromatic rings. The Labute approximate surface area is 746 Å². The molecule has 0 spiro atoms. The Bertz CT molecular complexity index is 4860. The van der Waals surface area contributed by atoms with Crippen molar-refractivity contribution in [3.8, 4) is 17.2 Å². The molecule has 128 heavy (non-hydrogen) atoms. The molecule has 0 aromatic heterocycles. The van der Waals surface area contributed by atoms with Crippen LogP contribution in [0.3, 0.4) is 0 Å². The number of carbonyl (C=O) groups is 9. The minimum Gasteiger partial charge on any atom is -0.512 e. The fraction of sp³-hybridized carbons (Fsp3) is 0.580. The van der Waals surface area contributed by atoms with Crippen LogP contribution in [0.1, 0.15) is 162 Å². The van der Waals surface area contributed by atoms with Crippen LogP contribution in [-0.2, 0) is 73.8 Å². The van der Waals surface area contributed by atoms with Crippen molar-refractivity contribution < 1.29 is 131 Å². The topological polar surface area (TPSA) is 592 Å². The van der Waals surface area contributed by atoms with Gasteiger partial charge in [-0.05, 0) is 173 Å². The molecule has 40 heteroatoms. The number of halogens is 1. The number of aliphatic hydroxyl groups is 9. The predicted molar refractivity (Wildman–Crippen MR) is 460 cm³/mol. The Balaban J connectivity index is 1.01. The van der Waals surface area contributed by atoms with Crippen molar-refractivity contribution in [2.45, 2.75) is 277 Å². The van der Waals surface area contributed by atoms with E-state index >= 15 is 24.0 Å². The maximum atomic E-state index is 16.5. The van der Waals surface area contributed by atoms with Crippen molar-refractivity contribution in [1.82, 2.24) is 52.6 Å². The molecule has 8 amide bonds. The summed E-state index contributed by atoms with van der Waals surface area (Å²) < 4.78 is 68.5. The number of aryl methyl sites for hydroxylation is 1. The van der Waals surface area contributed by atoms with E-state index in [-0.39, 0.29) is 95.5 Å². The van der Waals surface area contributed by atoms with Gasteiger partial charge < -0.3 is 133 Å². The van der Waals surface area contributed by atoms with E-state index in [9.17, 15) is 78.7 Å². The molecule has 2 unspecified atom stereocenters. The molecule has 11 bridgehead atoms.